The van der Waals surface area contributed by atoms with Crippen molar-refractivity contribution in [3.8, 4) is 0 Å². The molecule has 0 aliphatic carbocycles. The maximum absolute atomic E-state index is 9.96. The van der Waals surface area contributed by atoms with Gasteiger partial charge in [0, 0.05) is 6.61 Å². The second-order valence-electron chi connectivity index (χ2n) is 5.91. The van der Waals surface area contributed by atoms with E-state index in [0.717, 1.165) is 19.3 Å². The van der Waals surface area contributed by atoms with Crippen LogP contribution in [0.3, 0.4) is 0 Å². The van der Waals surface area contributed by atoms with E-state index in [2.05, 4.69) is 19.1 Å². The zero-order valence-electron chi connectivity index (χ0n) is 13.7. The molecule has 0 saturated carbocycles. The van der Waals surface area contributed by atoms with Gasteiger partial charge in [0.2, 0.25) is 0 Å². The molecule has 1 rings (SSSR count). The first-order chi connectivity index (χ1) is 10.7. The summed E-state index contributed by atoms with van der Waals surface area (Å²) < 4.78 is 10.9. The Morgan fingerprint density at radius 2 is 1.91 bits per heavy atom. The van der Waals surface area contributed by atoms with Crippen LogP contribution in [0.2, 0.25) is 0 Å². The number of ether oxygens (including phenoxy) is 2. The third-order valence-corrected chi connectivity index (χ3v) is 3.97. The summed E-state index contributed by atoms with van der Waals surface area (Å²) in [5.74, 6) is 0. The van der Waals surface area contributed by atoms with Crippen LogP contribution in [0, 0.1) is 0 Å². The molecule has 4 atom stereocenters. The van der Waals surface area contributed by atoms with E-state index in [9.17, 15) is 10.2 Å². The molecule has 1 aliphatic rings. The largest absolute Gasteiger partial charge is 0.394 e. The molecule has 0 aromatic carbocycles. The quantitative estimate of drug-likeness (QED) is 0.378. The Kier molecular flexibility index (Phi) is 10.7. The molecule has 5 heteroatoms. The third kappa shape index (κ3) is 7.20. The van der Waals surface area contributed by atoms with E-state index < -0.39 is 31.0 Å². The molecule has 0 unspecified atom stereocenters. The molecule has 0 aromatic heterocycles. The summed E-state index contributed by atoms with van der Waals surface area (Å²) in [7, 11) is 0. The lowest BCUT2D eigenvalue weighted by atomic mass is 10.1. The van der Waals surface area contributed by atoms with Crippen molar-refractivity contribution in [2.24, 2.45) is 0 Å². The van der Waals surface area contributed by atoms with E-state index in [4.69, 9.17) is 14.6 Å². The van der Waals surface area contributed by atoms with Crippen LogP contribution in [0.25, 0.3) is 0 Å². The highest BCUT2D eigenvalue weighted by molar-refractivity contribution is 4.89. The predicted octanol–water partition coefficient (Wildman–Crippen LogP) is 1.79. The summed E-state index contributed by atoms with van der Waals surface area (Å²) in [6.45, 7) is 2.62. The number of aliphatic hydroxyl groups excluding tert-OH is 3. The SMILES string of the molecule is CCCCCC/C=C/CCCO[C@@H]1CO[C@H]([C@@H](O)CO)[C@@H]1O. The summed E-state index contributed by atoms with van der Waals surface area (Å²) in [4.78, 5) is 0. The van der Waals surface area contributed by atoms with Gasteiger partial charge in [-0.25, -0.2) is 0 Å². The van der Waals surface area contributed by atoms with Crippen LogP contribution in [-0.4, -0.2) is 59.6 Å². The summed E-state index contributed by atoms with van der Waals surface area (Å²) in [6.07, 6.45) is 9.52. The van der Waals surface area contributed by atoms with Gasteiger partial charge >= 0.3 is 0 Å². The lowest BCUT2D eigenvalue weighted by Gasteiger charge is -2.20. The zero-order chi connectivity index (χ0) is 16.2. The molecule has 5 nitrogen and oxygen atoms in total. The number of aliphatic hydroxyl groups is 3. The van der Waals surface area contributed by atoms with Crippen molar-refractivity contribution in [2.45, 2.75) is 76.3 Å². The number of rotatable bonds is 12. The van der Waals surface area contributed by atoms with Crippen LogP contribution < -0.4 is 0 Å². The number of hydrogen-bond donors (Lipinski definition) is 3. The molecule has 1 saturated heterocycles. The standard InChI is InChI=1S/C17H32O5/c1-2-3-4-5-6-7-8-9-10-11-21-15-13-22-17(16(15)20)14(19)12-18/h7-8,14-20H,2-6,9-13H2,1H3/b8-7+/t14-,15+,16+,17+/m0/s1. The fourth-order valence-electron chi connectivity index (χ4n) is 2.56. The fraction of sp³-hybridized carbons (Fsp3) is 0.882. The molecule has 0 bridgehead atoms. The van der Waals surface area contributed by atoms with Crippen LogP contribution in [0.5, 0.6) is 0 Å². The van der Waals surface area contributed by atoms with Crippen molar-refractivity contribution < 1.29 is 24.8 Å². The lowest BCUT2D eigenvalue weighted by molar-refractivity contribution is -0.0729. The smallest absolute Gasteiger partial charge is 0.114 e. The molecule has 1 aliphatic heterocycles. The summed E-state index contributed by atoms with van der Waals surface area (Å²) in [5, 5.41) is 28.3. The fourth-order valence-corrected chi connectivity index (χ4v) is 2.56. The number of unbranched alkanes of at least 4 members (excludes halogenated alkanes) is 5. The van der Waals surface area contributed by atoms with Crippen molar-refractivity contribution in [1.82, 2.24) is 0 Å². The van der Waals surface area contributed by atoms with E-state index in [0.29, 0.717) is 6.61 Å². The number of allylic oxidation sites excluding steroid dienone is 2. The Morgan fingerprint density at radius 3 is 2.59 bits per heavy atom. The highest BCUT2D eigenvalue weighted by Gasteiger charge is 2.40. The van der Waals surface area contributed by atoms with Crippen molar-refractivity contribution in [3.05, 3.63) is 12.2 Å². The van der Waals surface area contributed by atoms with Gasteiger partial charge in [0.25, 0.3) is 0 Å². The van der Waals surface area contributed by atoms with E-state index in [1.165, 1.54) is 25.7 Å². The Hall–Kier alpha value is -0.460. The first-order valence-corrected chi connectivity index (χ1v) is 8.55. The van der Waals surface area contributed by atoms with E-state index in [1.807, 2.05) is 0 Å². The number of hydrogen-bond acceptors (Lipinski definition) is 5. The molecule has 22 heavy (non-hydrogen) atoms. The van der Waals surface area contributed by atoms with E-state index in [1.54, 1.807) is 0 Å². The zero-order valence-corrected chi connectivity index (χ0v) is 13.7. The molecule has 1 heterocycles. The molecule has 130 valence electrons. The lowest BCUT2D eigenvalue weighted by Crippen LogP contribution is -2.41. The van der Waals surface area contributed by atoms with Crippen molar-refractivity contribution in [1.29, 1.82) is 0 Å². The molecule has 0 amide bonds. The van der Waals surface area contributed by atoms with Gasteiger partial charge in [0.1, 0.15) is 24.4 Å². The van der Waals surface area contributed by atoms with Crippen molar-refractivity contribution >= 4 is 0 Å². The van der Waals surface area contributed by atoms with Crippen LogP contribution >= 0.6 is 0 Å². The third-order valence-electron chi connectivity index (χ3n) is 3.97. The molecular formula is C17H32O5. The minimum atomic E-state index is -1.06. The van der Waals surface area contributed by atoms with Gasteiger partial charge in [-0.05, 0) is 25.7 Å². The topological polar surface area (TPSA) is 79.2 Å². The maximum Gasteiger partial charge on any atom is 0.114 e. The average Bonchev–Trinajstić information content (AvgIpc) is 2.89. The van der Waals surface area contributed by atoms with E-state index >= 15 is 0 Å². The maximum atomic E-state index is 9.96. The van der Waals surface area contributed by atoms with Crippen LogP contribution in [0.4, 0.5) is 0 Å². The van der Waals surface area contributed by atoms with Gasteiger partial charge in [-0.3, -0.25) is 0 Å². The second kappa shape index (κ2) is 12.0. The Bertz CT molecular complexity index is 295. The molecule has 1 fully saturated rings. The van der Waals surface area contributed by atoms with Crippen LogP contribution in [0.1, 0.15) is 51.9 Å². The Morgan fingerprint density at radius 1 is 1.18 bits per heavy atom. The minimum absolute atomic E-state index is 0.260. The average molecular weight is 316 g/mol. The summed E-state index contributed by atoms with van der Waals surface area (Å²) in [6, 6.07) is 0. The highest BCUT2D eigenvalue weighted by atomic mass is 16.6. The van der Waals surface area contributed by atoms with Crippen molar-refractivity contribution in [3.63, 3.8) is 0 Å². The highest BCUT2D eigenvalue weighted by Crippen LogP contribution is 2.20. The second-order valence-corrected chi connectivity index (χ2v) is 5.91. The van der Waals surface area contributed by atoms with E-state index in [-0.39, 0.29) is 6.61 Å². The predicted molar refractivity (Wildman–Crippen MR) is 85.7 cm³/mol. The first-order valence-electron chi connectivity index (χ1n) is 8.55. The molecule has 0 spiro atoms. The van der Waals surface area contributed by atoms with Crippen molar-refractivity contribution in [2.75, 3.05) is 19.8 Å². The van der Waals surface area contributed by atoms with Crippen LogP contribution in [0.15, 0.2) is 12.2 Å². The van der Waals surface area contributed by atoms with Gasteiger partial charge < -0.3 is 24.8 Å². The van der Waals surface area contributed by atoms with Gasteiger partial charge in [-0.1, -0.05) is 38.3 Å². The van der Waals surface area contributed by atoms with Gasteiger partial charge in [-0.15, -0.1) is 0 Å². The van der Waals surface area contributed by atoms with Gasteiger partial charge in [0.05, 0.1) is 13.2 Å². The Labute approximate surface area is 133 Å². The molecule has 0 radical (unpaired) electrons. The summed E-state index contributed by atoms with van der Waals surface area (Å²) >= 11 is 0. The molecular weight excluding hydrogens is 284 g/mol. The first kappa shape index (κ1) is 19.6. The molecule has 0 aromatic rings. The monoisotopic (exact) mass is 316 g/mol. The minimum Gasteiger partial charge on any atom is -0.394 e. The Balaban J connectivity index is 2.02. The van der Waals surface area contributed by atoms with Gasteiger partial charge in [-0.2, -0.15) is 0 Å². The van der Waals surface area contributed by atoms with Crippen LogP contribution in [-0.2, 0) is 9.47 Å². The summed E-state index contributed by atoms with van der Waals surface area (Å²) in [5.41, 5.74) is 0. The normalized spacial score (nSPS) is 26.8. The van der Waals surface area contributed by atoms with Gasteiger partial charge in [0.15, 0.2) is 0 Å². The molecule has 3 N–H and O–H groups in total.